The van der Waals surface area contributed by atoms with Gasteiger partial charge in [-0.1, -0.05) is 0 Å². The number of ketones is 1. The van der Waals surface area contributed by atoms with Gasteiger partial charge in [-0.05, 0) is 13.8 Å². The van der Waals surface area contributed by atoms with Gasteiger partial charge in [0.05, 0.1) is 6.42 Å². The molecule has 0 radical (unpaired) electrons. The molecule has 1 rings (SSSR count). The molecule has 0 saturated heterocycles. The van der Waals surface area contributed by atoms with E-state index >= 15 is 0 Å². The summed E-state index contributed by atoms with van der Waals surface area (Å²) in [6.07, 6.45) is 3.58. The lowest BCUT2D eigenvalue weighted by Crippen LogP contribution is -2.33. The first kappa shape index (κ1) is 9.92. The number of aryl methyl sites for hydroxylation is 1. The molecule has 0 aliphatic heterocycles. The number of hydrogen-bond acceptors (Lipinski definition) is 3. The van der Waals surface area contributed by atoms with Crippen molar-refractivity contribution in [3.63, 3.8) is 0 Å². The zero-order valence-corrected chi connectivity index (χ0v) is 8.11. The second kappa shape index (κ2) is 3.30. The van der Waals surface area contributed by atoms with Gasteiger partial charge in [0.15, 0.2) is 5.78 Å². The smallest absolute Gasteiger partial charge is 0.171 e. The maximum absolute atomic E-state index is 11.4. The Labute approximate surface area is 77.2 Å². The van der Waals surface area contributed by atoms with Gasteiger partial charge in [0.1, 0.15) is 11.4 Å². The molecule has 0 bridgehead atoms. The van der Waals surface area contributed by atoms with E-state index in [-0.39, 0.29) is 12.2 Å². The highest BCUT2D eigenvalue weighted by molar-refractivity contribution is 5.87. The van der Waals surface area contributed by atoms with Gasteiger partial charge >= 0.3 is 0 Å². The number of imidazole rings is 1. The van der Waals surface area contributed by atoms with Crippen LogP contribution in [0.25, 0.3) is 0 Å². The average molecular weight is 182 g/mol. The molecule has 1 aromatic heterocycles. The molecule has 0 unspecified atom stereocenters. The number of aromatic nitrogens is 2. The molecule has 0 fully saturated rings. The molecule has 0 spiro atoms. The summed E-state index contributed by atoms with van der Waals surface area (Å²) in [5.74, 6) is 0.453. The standard InChI is InChI=1S/C9H14N2O2/c1-9(2,13)7(12)6-8-10-4-5-11(8)3/h4-5,13H,6H2,1-3H3. The van der Waals surface area contributed by atoms with Crippen molar-refractivity contribution in [1.82, 2.24) is 9.55 Å². The lowest BCUT2D eigenvalue weighted by Gasteiger charge is -2.14. The normalized spacial score (nSPS) is 11.7. The molecule has 0 amide bonds. The molecule has 1 N–H and O–H groups in total. The summed E-state index contributed by atoms with van der Waals surface area (Å²) in [4.78, 5) is 15.4. The number of Topliss-reactive ketones (excluding diaryl/α,β-unsaturated/α-hetero) is 1. The van der Waals surface area contributed by atoms with Crippen LogP contribution in [0.2, 0.25) is 0 Å². The first-order valence-electron chi connectivity index (χ1n) is 4.13. The van der Waals surface area contributed by atoms with Crippen LogP contribution in [-0.2, 0) is 18.3 Å². The number of aliphatic hydroxyl groups is 1. The largest absolute Gasteiger partial charge is 0.383 e. The van der Waals surface area contributed by atoms with E-state index < -0.39 is 5.60 Å². The fraction of sp³-hybridized carbons (Fsp3) is 0.556. The van der Waals surface area contributed by atoms with Crippen molar-refractivity contribution in [3.05, 3.63) is 18.2 Å². The number of rotatable bonds is 3. The van der Waals surface area contributed by atoms with Crippen molar-refractivity contribution in [1.29, 1.82) is 0 Å². The number of hydrogen-bond donors (Lipinski definition) is 1. The minimum atomic E-state index is -1.27. The Morgan fingerprint density at radius 3 is 2.69 bits per heavy atom. The molecule has 72 valence electrons. The summed E-state index contributed by atoms with van der Waals surface area (Å²) in [7, 11) is 1.82. The average Bonchev–Trinajstić information content (AvgIpc) is 2.34. The van der Waals surface area contributed by atoms with Gasteiger partial charge < -0.3 is 9.67 Å². The molecular weight excluding hydrogens is 168 g/mol. The van der Waals surface area contributed by atoms with Crippen molar-refractivity contribution >= 4 is 5.78 Å². The van der Waals surface area contributed by atoms with Crippen LogP contribution in [0.15, 0.2) is 12.4 Å². The van der Waals surface area contributed by atoms with Gasteiger partial charge in [-0.15, -0.1) is 0 Å². The van der Waals surface area contributed by atoms with Crippen molar-refractivity contribution in [3.8, 4) is 0 Å². The van der Waals surface area contributed by atoms with Crippen molar-refractivity contribution in [2.75, 3.05) is 0 Å². The fourth-order valence-corrected chi connectivity index (χ4v) is 0.927. The van der Waals surface area contributed by atoms with E-state index in [1.807, 2.05) is 7.05 Å². The van der Waals surface area contributed by atoms with Gasteiger partial charge in [0, 0.05) is 19.4 Å². The lowest BCUT2D eigenvalue weighted by atomic mass is 10.0. The Morgan fingerprint density at radius 1 is 1.69 bits per heavy atom. The lowest BCUT2D eigenvalue weighted by molar-refractivity contribution is -0.133. The molecule has 0 aliphatic rings. The second-order valence-electron chi connectivity index (χ2n) is 3.61. The number of carbonyl (C=O) groups is 1. The summed E-state index contributed by atoms with van der Waals surface area (Å²) in [5.41, 5.74) is -1.27. The SMILES string of the molecule is Cn1ccnc1CC(=O)C(C)(C)O. The molecule has 4 nitrogen and oxygen atoms in total. The maximum atomic E-state index is 11.4. The van der Waals surface area contributed by atoms with Crippen LogP contribution >= 0.6 is 0 Å². The monoisotopic (exact) mass is 182 g/mol. The minimum absolute atomic E-state index is 0.174. The molecule has 4 heteroatoms. The van der Waals surface area contributed by atoms with Crippen LogP contribution in [0.1, 0.15) is 19.7 Å². The first-order chi connectivity index (χ1) is 5.91. The Bertz CT molecular complexity index is 310. The van der Waals surface area contributed by atoms with E-state index in [2.05, 4.69) is 4.98 Å². The Balaban J connectivity index is 2.71. The summed E-state index contributed by atoms with van der Waals surface area (Å²) < 4.78 is 1.77. The van der Waals surface area contributed by atoms with Crippen molar-refractivity contribution in [2.24, 2.45) is 7.05 Å². The predicted molar refractivity (Wildman–Crippen MR) is 48.2 cm³/mol. The van der Waals surface area contributed by atoms with E-state index in [0.717, 1.165) is 0 Å². The van der Waals surface area contributed by atoms with Crippen LogP contribution in [0.4, 0.5) is 0 Å². The molecule has 0 saturated carbocycles. The van der Waals surface area contributed by atoms with E-state index in [0.29, 0.717) is 5.82 Å². The number of nitrogens with zero attached hydrogens (tertiary/aromatic N) is 2. The number of carbonyl (C=O) groups excluding carboxylic acids is 1. The van der Waals surface area contributed by atoms with E-state index in [1.54, 1.807) is 17.0 Å². The van der Waals surface area contributed by atoms with E-state index in [9.17, 15) is 9.90 Å². The molecule has 0 aliphatic carbocycles. The summed E-state index contributed by atoms with van der Waals surface area (Å²) in [6, 6.07) is 0. The molecule has 1 heterocycles. The summed E-state index contributed by atoms with van der Waals surface area (Å²) in [6.45, 7) is 2.97. The zero-order valence-electron chi connectivity index (χ0n) is 8.11. The van der Waals surface area contributed by atoms with E-state index in [4.69, 9.17) is 0 Å². The quantitative estimate of drug-likeness (QED) is 0.731. The zero-order chi connectivity index (χ0) is 10.1. The molecule has 13 heavy (non-hydrogen) atoms. The van der Waals surface area contributed by atoms with Gasteiger partial charge in [-0.3, -0.25) is 4.79 Å². The predicted octanol–water partition coefficient (Wildman–Crippen LogP) is 0.303. The Morgan fingerprint density at radius 2 is 2.31 bits per heavy atom. The summed E-state index contributed by atoms with van der Waals surface area (Å²) in [5, 5.41) is 9.39. The van der Waals surface area contributed by atoms with Crippen LogP contribution in [0.3, 0.4) is 0 Å². The third-order valence-corrected chi connectivity index (χ3v) is 1.92. The highest BCUT2D eigenvalue weighted by atomic mass is 16.3. The molecule has 0 atom stereocenters. The topological polar surface area (TPSA) is 55.1 Å². The highest BCUT2D eigenvalue weighted by Crippen LogP contribution is 2.07. The van der Waals surface area contributed by atoms with Crippen LogP contribution in [0, 0.1) is 0 Å². The summed E-state index contributed by atoms with van der Waals surface area (Å²) >= 11 is 0. The second-order valence-corrected chi connectivity index (χ2v) is 3.61. The Kier molecular flexibility index (Phi) is 2.52. The van der Waals surface area contributed by atoms with Crippen LogP contribution < -0.4 is 0 Å². The molecule has 0 aromatic carbocycles. The first-order valence-corrected chi connectivity index (χ1v) is 4.13. The minimum Gasteiger partial charge on any atom is -0.383 e. The van der Waals surface area contributed by atoms with E-state index in [1.165, 1.54) is 13.8 Å². The van der Waals surface area contributed by atoms with Gasteiger partial charge in [-0.2, -0.15) is 0 Å². The maximum Gasteiger partial charge on any atom is 0.171 e. The van der Waals surface area contributed by atoms with Gasteiger partial charge in [0.25, 0.3) is 0 Å². The fourth-order valence-electron chi connectivity index (χ4n) is 0.927. The third-order valence-electron chi connectivity index (χ3n) is 1.92. The van der Waals surface area contributed by atoms with Crippen molar-refractivity contribution in [2.45, 2.75) is 25.9 Å². The van der Waals surface area contributed by atoms with Gasteiger partial charge in [-0.25, -0.2) is 4.98 Å². The highest BCUT2D eigenvalue weighted by Gasteiger charge is 2.24. The third kappa shape index (κ3) is 2.39. The van der Waals surface area contributed by atoms with Crippen LogP contribution in [-0.4, -0.2) is 26.0 Å². The van der Waals surface area contributed by atoms with Gasteiger partial charge in [0.2, 0.25) is 0 Å². The molecule has 1 aromatic rings. The Hall–Kier alpha value is -1.16. The van der Waals surface area contributed by atoms with Crippen LogP contribution in [0.5, 0.6) is 0 Å². The molecular formula is C9H14N2O2. The van der Waals surface area contributed by atoms with Crippen molar-refractivity contribution < 1.29 is 9.90 Å².